The number of likely N-dealkylation sites (N-methyl/N-ethyl adjacent to an activating group) is 1. The van der Waals surface area contributed by atoms with Gasteiger partial charge in [0.1, 0.15) is 13.2 Å². The van der Waals surface area contributed by atoms with E-state index in [-0.39, 0.29) is 0 Å². The van der Waals surface area contributed by atoms with Gasteiger partial charge < -0.3 is 19.7 Å². The van der Waals surface area contributed by atoms with Gasteiger partial charge in [-0.3, -0.25) is 0 Å². The third-order valence-electron chi connectivity index (χ3n) is 4.07. The first-order chi connectivity index (χ1) is 10.3. The van der Waals surface area contributed by atoms with Crippen LogP contribution in [0.2, 0.25) is 0 Å². The smallest absolute Gasteiger partial charge is 0.162 e. The van der Waals surface area contributed by atoms with Crippen molar-refractivity contribution in [3.05, 3.63) is 17.7 Å². The molecule has 4 nitrogen and oxygen atoms in total. The van der Waals surface area contributed by atoms with E-state index in [0.29, 0.717) is 13.2 Å². The van der Waals surface area contributed by atoms with E-state index < -0.39 is 0 Å². The summed E-state index contributed by atoms with van der Waals surface area (Å²) in [5.41, 5.74) is 1.29. The Bertz CT molecular complexity index is 491. The second kappa shape index (κ2) is 6.90. The Labute approximate surface area is 131 Å². The van der Waals surface area contributed by atoms with Gasteiger partial charge in [0.05, 0.1) is 0 Å². The summed E-state index contributed by atoms with van der Waals surface area (Å²) in [6.07, 6.45) is 4.85. The van der Waals surface area contributed by atoms with Crippen molar-refractivity contribution in [2.24, 2.45) is 0 Å². The van der Waals surface area contributed by atoms with Crippen molar-refractivity contribution < 1.29 is 9.47 Å². The second-order valence-electron chi connectivity index (χ2n) is 5.70. The number of hydrogen-bond acceptors (Lipinski definition) is 5. The highest BCUT2D eigenvalue weighted by Crippen LogP contribution is 2.36. The molecule has 116 valence electrons. The minimum atomic E-state index is 0.644. The van der Waals surface area contributed by atoms with E-state index in [1.807, 2.05) is 0 Å². The van der Waals surface area contributed by atoms with Gasteiger partial charge in [0, 0.05) is 30.6 Å². The Kier molecular flexibility index (Phi) is 4.93. The van der Waals surface area contributed by atoms with E-state index in [4.69, 9.17) is 9.47 Å². The molecule has 21 heavy (non-hydrogen) atoms. The molecular formula is C16H24N2O2S. The van der Waals surface area contributed by atoms with Crippen LogP contribution in [0.1, 0.15) is 18.4 Å². The fourth-order valence-corrected chi connectivity index (χ4v) is 3.23. The largest absolute Gasteiger partial charge is 0.486 e. The van der Waals surface area contributed by atoms with Crippen molar-refractivity contribution >= 4 is 11.8 Å². The zero-order valence-electron chi connectivity index (χ0n) is 12.9. The molecule has 0 saturated heterocycles. The van der Waals surface area contributed by atoms with Gasteiger partial charge in [0.2, 0.25) is 0 Å². The van der Waals surface area contributed by atoms with E-state index in [1.165, 1.54) is 23.3 Å². The number of hydrogen-bond donors (Lipinski definition) is 1. The molecule has 1 aromatic rings. The van der Waals surface area contributed by atoms with Crippen LogP contribution in [0.4, 0.5) is 0 Å². The van der Waals surface area contributed by atoms with Crippen molar-refractivity contribution in [1.82, 2.24) is 10.2 Å². The second-order valence-corrected chi connectivity index (χ2v) is 6.54. The standard InChI is InChI=1S/C16H24N2O2S/c1-18(13-3-4-13)6-5-17-11-12-9-14-15(10-16(12)21-2)20-8-7-19-14/h9-10,13,17H,3-8,11H2,1-2H3. The molecule has 1 fully saturated rings. The summed E-state index contributed by atoms with van der Waals surface area (Å²) in [5.74, 6) is 1.76. The van der Waals surface area contributed by atoms with Crippen LogP contribution in [0.5, 0.6) is 11.5 Å². The Morgan fingerprint density at radius 2 is 1.95 bits per heavy atom. The fourth-order valence-electron chi connectivity index (χ4n) is 2.62. The van der Waals surface area contributed by atoms with Gasteiger partial charge >= 0.3 is 0 Å². The molecule has 0 amide bonds. The summed E-state index contributed by atoms with van der Waals surface area (Å²) in [5, 5.41) is 3.55. The number of fused-ring (bicyclic) bond motifs is 1. The van der Waals surface area contributed by atoms with Gasteiger partial charge in [-0.15, -0.1) is 11.8 Å². The topological polar surface area (TPSA) is 33.7 Å². The Hall–Kier alpha value is -0.910. The van der Waals surface area contributed by atoms with Crippen LogP contribution in [0.25, 0.3) is 0 Å². The van der Waals surface area contributed by atoms with Crippen LogP contribution in [0.15, 0.2) is 17.0 Å². The predicted octanol–water partition coefficient (Wildman–Crippen LogP) is 2.36. The van der Waals surface area contributed by atoms with Crippen LogP contribution in [-0.4, -0.2) is 50.5 Å². The summed E-state index contributed by atoms with van der Waals surface area (Å²) >= 11 is 1.76. The average Bonchev–Trinajstić information content (AvgIpc) is 3.35. The van der Waals surface area contributed by atoms with E-state index in [1.54, 1.807) is 11.8 Å². The summed E-state index contributed by atoms with van der Waals surface area (Å²) < 4.78 is 11.3. The maximum atomic E-state index is 5.68. The molecule has 0 radical (unpaired) electrons. The van der Waals surface area contributed by atoms with Crippen LogP contribution in [0, 0.1) is 0 Å². The van der Waals surface area contributed by atoms with E-state index in [0.717, 1.165) is 37.2 Å². The first-order valence-corrected chi connectivity index (χ1v) is 8.88. The van der Waals surface area contributed by atoms with Gasteiger partial charge in [-0.25, -0.2) is 0 Å². The van der Waals surface area contributed by atoms with Gasteiger partial charge in [-0.2, -0.15) is 0 Å². The van der Waals surface area contributed by atoms with Gasteiger partial charge in [0.25, 0.3) is 0 Å². The van der Waals surface area contributed by atoms with Crippen LogP contribution in [-0.2, 0) is 6.54 Å². The van der Waals surface area contributed by atoms with Crippen molar-refractivity contribution in [2.45, 2.75) is 30.3 Å². The van der Waals surface area contributed by atoms with Crippen molar-refractivity contribution in [3.8, 4) is 11.5 Å². The number of thioether (sulfide) groups is 1. The molecule has 0 aromatic heterocycles. The Balaban J connectivity index is 1.56. The van der Waals surface area contributed by atoms with Gasteiger partial charge in [0.15, 0.2) is 11.5 Å². The molecule has 1 aliphatic heterocycles. The number of rotatable bonds is 7. The Morgan fingerprint density at radius 1 is 1.24 bits per heavy atom. The van der Waals surface area contributed by atoms with E-state index in [9.17, 15) is 0 Å². The van der Waals surface area contributed by atoms with Crippen molar-refractivity contribution in [3.63, 3.8) is 0 Å². The van der Waals surface area contributed by atoms with Crippen molar-refractivity contribution in [2.75, 3.05) is 39.6 Å². The first-order valence-electron chi connectivity index (χ1n) is 7.65. The molecule has 1 aliphatic carbocycles. The lowest BCUT2D eigenvalue weighted by atomic mass is 10.2. The first kappa shape index (κ1) is 15.0. The summed E-state index contributed by atoms with van der Waals surface area (Å²) in [6.45, 7) is 4.31. The number of nitrogens with one attached hydrogen (secondary N) is 1. The van der Waals surface area contributed by atoms with Gasteiger partial charge in [-0.05, 0) is 43.8 Å². The lowest BCUT2D eigenvalue weighted by Gasteiger charge is -2.21. The highest BCUT2D eigenvalue weighted by atomic mass is 32.2. The third kappa shape index (κ3) is 3.84. The van der Waals surface area contributed by atoms with Crippen LogP contribution in [0.3, 0.4) is 0 Å². The molecule has 1 saturated carbocycles. The van der Waals surface area contributed by atoms with E-state index in [2.05, 4.69) is 35.7 Å². The lowest BCUT2D eigenvalue weighted by Crippen LogP contribution is -2.30. The zero-order valence-corrected chi connectivity index (χ0v) is 13.7. The van der Waals surface area contributed by atoms with Gasteiger partial charge in [-0.1, -0.05) is 0 Å². The van der Waals surface area contributed by atoms with Crippen LogP contribution < -0.4 is 14.8 Å². The number of ether oxygens (including phenoxy) is 2. The minimum absolute atomic E-state index is 0.644. The zero-order chi connectivity index (χ0) is 14.7. The maximum Gasteiger partial charge on any atom is 0.162 e. The molecule has 3 rings (SSSR count). The Morgan fingerprint density at radius 3 is 2.62 bits per heavy atom. The highest BCUT2D eigenvalue weighted by Gasteiger charge is 2.25. The molecule has 1 N–H and O–H groups in total. The molecule has 1 aromatic carbocycles. The normalized spacial score (nSPS) is 17.3. The lowest BCUT2D eigenvalue weighted by molar-refractivity contribution is 0.171. The van der Waals surface area contributed by atoms with Crippen molar-refractivity contribution in [1.29, 1.82) is 0 Å². The van der Waals surface area contributed by atoms with Crippen LogP contribution >= 0.6 is 11.8 Å². The summed E-state index contributed by atoms with van der Waals surface area (Å²) in [4.78, 5) is 3.72. The summed E-state index contributed by atoms with van der Waals surface area (Å²) in [7, 11) is 2.22. The minimum Gasteiger partial charge on any atom is -0.486 e. The van der Waals surface area contributed by atoms with E-state index >= 15 is 0 Å². The SMILES string of the molecule is CSc1cc2c(cc1CNCCN(C)C1CC1)OCCO2. The predicted molar refractivity (Wildman–Crippen MR) is 86.6 cm³/mol. The molecule has 1 heterocycles. The molecular weight excluding hydrogens is 284 g/mol. The third-order valence-corrected chi connectivity index (χ3v) is 4.89. The average molecular weight is 308 g/mol. The molecule has 2 aliphatic rings. The highest BCUT2D eigenvalue weighted by molar-refractivity contribution is 7.98. The molecule has 5 heteroatoms. The monoisotopic (exact) mass is 308 g/mol. The molecule has 0 atom stereocenters. The number of nitrogens with zero attached hydrogens (tertiary/aromatic N) is 1. The maximum absolute atomic E-state index is 5.68. The molecule has 0 spiro atoms. The summed E-state index contributed by atoms with van der Waals surface area (Å²) in [6, 6.07) is 5.06. The quantitative estimate of drug-likeness (QED) is 0.618. The molecule has 0 bridgehead atoms. The fraction of sp³-hybridized carbons (Fsp3) is 0.625. The number of benzene rings is 1. The molecule has 0 unspecified atom stereocenters.